The highest BCUT2D eigenvalue weighted by atomic mass is 35.5. The van der Waals surface area contributed by atoms with E-state index in [-0.39, 0.29) is 16.4 Å². The fourth-order valence-corrected chi connectivity index (χ4v) is 5.50. The van der Waals surface area contributed by atoms with E-state index < -0.39 is 15.9 Å². The number of hydrogen-bond donors (Lipinski definition) is 3. The molecule has 0 atom stereocenters. The lowest BCUT2D eigenvalue weighted by molar-refractivity contribution is 0.0949. The molecular weight excluding hydrogens is 521 g/mol. The van der Waals surface area contributed by atoms with Crippen molar-refractivity contribution in [3.8, 4) is 0 Å². The fourth-order valence-electron chi connectivity index (χ4n) is 4.17. The number of hydrogen-bond acceptors (Lipinski definition) is 5. The van der Waals surface area contributed by atoms with Crippen LogP contribution in [0.25, 0.3) is 0 Å². The normalized spacial score (nSPS) is 14.2. The van der Waals surface area contributed by atoms with Crippen LogP contribution in [0.1, 0.15) is 48.2 Å². The van der Waals surface area contributed by atoms with Gasteiger partial charge in [-0.3, -0.25) is 9.52 Å². The third-order valence-electron chi connectivity index (χ3n) is 6.10. The summed E-state index contributed by atoms with van der Waals surface area (Å²) in [5.41, 5.74) is 0.874. The molecule has 1 saturated carbocycles. The number of nitrogens with one attached hydrogen (secondary N) is 3. The molecule has 1 aromatic heterocycles. The average Bonchev–Trinajstić information content (AvgIpc) is 3.51. The minimum absolute atomic E-state index is 0.00486. The summed E-state index contributed by atoms with van der Waals surface area (Å²) in [5, 5.41) is 7.39. The molecule has 3 N–H and O–H groups in total. The second-order valence-corrected chi connectivity index (χ2v) is 11.4. The Kier molecular flexibility index (Phi) is 8.90. The second-order valence-electron chi connectivity index (χ2n) is 8.80. The largest absolute Gasteiger partial charge is 0.351 e. The molecule has 4 rings (SSSR count). The molecule has 3 aromatic rings. The molecule has 0 aliphatic heterocycles. The van der Waals surface area contributed by atoms with Gasteiger partial charge in [-0.25, -0.2) is 13.4 Å². The minimum Gasteiger partial charge on any atom is -0.351 e. The van der Waals surface area contributed by atoms with Crippen molar-refractivity contribution in [3.63, 3.8) is 0 Å². The first-order valence-electron chi connectivity index (χ1n) is 11.9. The summed E-state index contributed by atoms with van der Waals surface area (Å²) >= 11 is 11.9. The Morgan fingerprint density at radius 3 is 2.28 bits per heavy atom. The molecule has 1 fully saturated rings. The van der Waals surface area contributed by atoms with Gasteiger partial charge in [0.1, 0.15) is 0 Å². The van der Waals surface area contributed by atoms with Gasteiger partial charge in [0.15, 0.2) is 11.5 Å². The van der Waals surface area contributed by atoms with Gasteiger partial charge < -0.3 is 15.2 Å². The van der Waals surface area contributed by atoms with Crippen molar-refractivity contribution in [1.29, 1.82) is 0 Å². The number of sulfonamides is 1. The van der Waals surface area contributed by atoms with Crippen LogP contribution in [0, 0.1) is 0 Å². The topological polar surface area (TPSA) is 105 Å². The van der Waals surface area contributed by atoms with Gasteiger partial charge in [-0.2, -0.15) is 0 Å². The van der Waals surface area contributed by atoms with E-state index in [4.69, 9.17) is 23.2 Å². The summed E-state index contributed by atoms with van der Waals surface area (Å²) in [6, 6.07) is 13.5. The minimum atomic E-state index is -4.00. The molecule has 36 heavy (non-hydrogen) atoms. The Morgan fingerprint density at radius 2 is 1.61 bits per heavy atom. The molecule has 0 bridgehead atoms. The second kappa shape index (κ2) is 12.1. The van der Waals surface area contributed by atoms with E-state index in [1.807, 2.05) is 12.1 Å². The molecule has 1 aliphatic rings. The lowest BCUT2D eigenvalue weighted by atomic mass is 10.2. The summed E-state index contributed by atoms with van der Waals surface area (Å²) in [4.78, 5) is 17.3. The lowest BCUT2D eigenvalue weighted by Crippen LogP contribution is -2.31. The van der Waals surface area contributed by atoms with E-state index in [0.29, 0.717) is 29.2 Å². The Labute approximate surface area is 221 Å². The molecule has 8 nitrogen and oxygen atoms in total. The Bertz CT molecular complexity index is 1270. The van der Waals surface area contributed by atoms with Gasteiger partial charge in [-0.1, -0.05) is 48.2 Å². The molecule has 2 aromatic carbocycles. The van der Waals surface area contributed by atoms with Crippen molar-refractivity contribution < 1.29 is 13.2 Å². The SMILES string of the molecule is O=C(NCCCNC1CCCC1)c1ncn(Cc2ccc(Cl)cc2)c1NS(=O)(=O)c1ccc(Cl)cc1. The number of imidazole rings is 1. The predicted molar refractivity (Wildman–Crippen MR) is 142 cm³/mol. The maximum absolute atomic E-state index is 13.1. The van der Waals surface area contributed by atoms with Crippen LogP contribution < -0.4 is 15.4 Å². The number of carbonyl (C=O) groups is 1. The Hall–Kier alpha value is -2.59. The summed E-state index contributed by atoms with van der Waals surface area (Å²) in [7, 11) is -4.00. The van der Waals surface area contributed by atoms with Crippen molar-refractivity contribution in [2.45, 2.75) is 49.6 Å². The van der Waals surface area contributed by atoms with Crippen LogP contribution in [0.5, 0.6) is 0 Å². The smallest absolute Gasteiger partial charge is 0.273 e. The van der Waals surface area contributed by atoms with Gasteiger partial charge >= 0.3 is 0 Å². The van der Waals surface area contributed by atoms with E-state index >= 15 is 0 Å². The maximum atomic E-state index is 13.1. The molecule has 1 aliphatic carbocycles. The average molecular weight is 551 g/mol. The fraction of sp³-hybridized carbons (Fsp3) is 0.360. The van der Waals surface area contributed by atoms with Crippen LogP contribution in [0.2, 0.25) is 10.0 Å². The van der Waals surface area contributed by atoms with E-state index in [1.54, 1.807) is 16.7 Å². The van der Waals surface area contributed by atoms with E-state index in [1.165, 1.54) is 56.3 Å². The highest BCUT2D eigenvalue weighted by Gasteiger charge is 2.24. The van der Waals surface area contributed by atoms with Crippen molar-refractivity contribution in [3.05, 3.63) is 76.2 Å². The van der Waals surface area contributed by atoms with Gasteiger partial charge in [0.05, 0.1) is 17.8 Å². The van der Waals surface area contributed by atoms with E-state index in [9.17, 15) is 13.2 Å². The maximum Gasteiger partial charge on any atom is 0.273 e. The molecule has 0 unspecified atom stereocenters. The number of rotatable bonds is 11. The molecule has 11 heteroatoms. The number of aromatic nitrogens is 2. The molecule has 1 heterocycles. The third kappa shape index (κ3) is 7.00. The van der Waals surface area contributed by atoms with Crippen molar-refractivity contribution >= 4 is 45.0 Å². The molecule has 192 valence electrons. The first-order chi connectivity index (χ1) is 17.3. The monoisotopic (exact) mass is 549 g/mol. The van der Waals surface area contributed by atoms with Crippen molar-refractivity contribution in [2.75, 3.05) is 17.8 Å². The van der Waals surface area contributed by atoms with Gasteiger partial charge in [0.2, 0.25) is 0 Å². The number of nitrogens with zero attached hydrogens (tertiary/aromatic N) is 2. The summed E-state index contributed by atoms with van der Waals surface area (Å²) in [6.45, 7) is 1.55. The third-order valence-corrected chi connectivity index (χ3v) is 7.96. The van der Waals surface area contributed by atoms with Gasteiger partial charge in [-0.05, 0) is 67.8 Å². The first-order valence-corrected chi connectivity index (χ1v) is 14.2. The van der Waals surface area contributed by atoms with Gasteiger partial charge in [0, 0.05) is 22.6 Å². The number of amides is 1. The van der Waals surface area contributed by atoms with Gasteiger partial charge in [-0.15, -0.1) is 0 Å². The summed E-state index contributed by atoms with van der Waals surface area (Å²) < 4.78 is 30.4. The zero-order chi connectivity index (χ0) is 25.5. The summed E-state index contributed by atoms with van der Waals surface area (Å²) in [5.74, 6) is -0.360. The van der Waals surface area contributed by atoms with E-state index in [0.717, 1.165) is 18.5 Å². The number of benzene rings is 2. The van der Waals surface area contributed by atoms with Crippen LogP contribution in [0.4, 0.5) is 5.82 Å². The number of halogens is 2. The quantitative estimate of drug-likeness (QED) is 0.301. The molecule has 0 saturated heterocycles. The molecular formula is C25H29Cl2N5O3S. The highest BCUT2D eigenvalue weighted by Crippen LogP contribution is 2.23. The van der Waals surface area contributed by atoms with Crippen LogP contribution in [0.3, 0.4) is 0 Å². The first kappa shape index (κ1) is 26.5. The van der Waals surface area contributed by atoms with Crippen molar-refractivity contribution in [1.82, 2.24) is 20.2 Å². The van der Waals surface area contributed by atoms with Crippen LogP contribution >= 0.6 is 23.2 Å². The lowest BCUT2D eigenvalue weighted by Gasteiger charge is -2.14. The molecule has 0 spiro atoms. The predicted octanol–water partition coefficient (Wildman–Crippen LogP) is 4.69. The van der Waals surface area contributed by atoms with Crippen molar-refractivity contribution in [2.24, 2.45) is 0 Å². The molecule has 1 amide bonds. The number of carbonyl (C=O) groups excluding carboxylic acids is 1. The standard InChI is InChI=1S/C25H29Cl2N5O3S/c26-19-8-6-18(7-9-19)16-32-17-30-23(25(33)29-15-3-14-28-21-4-1-2-5-21)24(32)31-36(34,35)22-12-10-20(27)11-13-22/h6-13,17,21,28,31H,1-5,14-16H2,(H,29,33). The Balaban J connectivity index is 1.49. The molecule has 0 radical (unpaired) electrons. The van der Waals surface area contributed by atoms with Gasteiger partial charge in [0.25, 0.3) is 15.9 Å². The van der Waals surface area contributed by atoms with Crippen LogP contribution in [-0.4, -0.2) is 43.0 Å². The zero-order valence-electron chi connectivity index (χ0n) is 19.7. The highest BCUT2D eigenvalue weighted by molar-refractivity contribution is 7.92. The Morgan fingerprint density at radius 1 is 0.972 bits per heavy atom. The zero-order valence-corrected chi connectivity index (χ0v) is 22.0. The summed E-state index contributed by atoms with van der Waals surface area (Å²) in [6.07, 6.45) is 7.15. The van der Waals surface area contributed by atoms with E-state index in [2.05, 4.69) is 20.3 Å². The van der Waals surface area contributed by atoms with Crippen LogP contribution in [0.15, 0.2) is 59.8 Å². The number of anilines is 1. The van der Waals surface area contributed by atoms with Crippen LogP contribution in [-0.2, 0) is 16.6 Å².